The molecule has 2 rings (SSSR count). The van der Waals surface area contributed by atoms with Gasteiger partial charge in [-0.2, -0.15) is 10.5 Å². The van der Waals surface area contributed by atoms with E-state index in [0.717, 1.165) is 6.42 Å². The quantitative estimate of drug-likeness (QED) is 0.476. The van der Waals surface area contributed by atoms with Crippen molar-refractivity contribution in [3.63, 3.8) is 0 Å². The number of halogens is 4. The monoisotopic (exact) mass is 309 g/mol. The molecule has 0 atom stereocenters. The molecule has 1 aliphatic heterocycles. The minimum Gasteiger partial charge on any atom is -0.367 e. The van der Waals surface area contributed by atoms with Gasteiger partial charge in [-0.05, 0) is 25.3 Å². The number of allylic oxidation sites excluding steroid dienone is 1. The van der Waals surface area contributed by atoms with E-state index in [1.807, 2.05) is 0 Å². The minimum atomic E-state index is -1.61. The van der Waals surface area contributed by atoms with Crippen molar-refractivity contribution in [2.24, 2.45) is 0 Å². The summed E-state index contributed by atoms with van der Waals surface area (Å²) in [5, 5.41) is 17.2. The minimum absolute atomic E-state index is 0.309. The van der Waals surface area contributed by atoms with Crippen molar-refractivity contribution >= 4 is 11.8 Å². The van der Waals surface area contributed by atoms with Gasteiger partial charge in [-0.3, -0.25) is 0 Å². The van der Waals surface area contributed by atoms with Crippen LogP contribution in [0.4, 0.5) is 23.2 Å². The average molecular weight is 309 g/mol. The van der Waals surface area contributed by atoms with Gasteiger partial charge in [0.2, 0.25) is 0 Å². The number of rotatable bonds is 2. The van der Waals surface area contributed by atoms with Crippen molar-refractivity contribution in [3.05, 3.63) is 34.4 Å². The molecule has 1 aliphatic rings. The van der Waals surface area contributed by atoms with Crippen molar-refractivity contribution in [3.8, 4) is 12.1 Å². The lowest BCUT2D eigenvalue weighted by Gasteiger charge is -2.29. The number of hydrogen-bond acceptors (Lipinski definition) is 3. The van der Waals surface area contributed by atoms with Crippen LogP contribution in [0.1, 0.15) is 24.8 Å². The molecule has 0 aromatic heterocycles. The van der Waals surface area contributed by atoms with Crippen molar-refractivity contribution < 1.29 is 17.6 Å². The summed E-state index contributed by atoms with van der Waals surface area (Å²) >= 11 is 0. The predicted molar refractivity (Wildman–Crippen MR) is 71.5 cm³/mol. The van der Waals surface area contributed by atoms with Crippen LogP contribution in [0.3, 0.4) is 0 Å². The SMILES string of the molecule is N#CC(C#N)=Cc1c(F)c(F)c(N2CCCCC2)c(F)c1F. The van der Waals surface area contributed by atoms with Crippen molar-refractivity contribution in [1.29, 1.82) is 10.5 Å². The fourth-order valence-electron chi connectivity index (χ4n) is 2.39. The van der Waals surface area contributed by atoms with Gasteiger partial charge in [0.15, 0.2) is 23.3 Å². The first kappa shape index (κ1) is 15.8. The first-order valence-electron chi connectivity index (χ1n) is 6.64. The highest BCUT2D eigenvalue weighted by Crippen LogP contribution is 2.33. The number of piperidine rings is 1. The molecule has 22 heavy (non-hydrogen) atoms. The molecule has 0 bridgehead atoms. The molecule has 0 aliphatic carbocycles. The van der Waals surface area contributed by atoms with Crippen LogP contribution < -0.4 is 4.90 Å². The first-order chi connectivity index (χ1) is 10.5. The average Bonchev–Trinajstić information content (AvgIpc) is 2.55. The Hall–Kier alpha value is -2.54. The maximum Gasteiger partial charge on any atom is 0.185 e. The third-order valence-corrected chi connectivity index (χ3v) is 3.48. The summed E-state index contributed by atoms with van der Waals surface area (Å²) in [4.78, 5) is 1.27. The number of hydrogen-bond donors (Lipinski definition) is 0. The van der Waals surface area contributed by atoms with Crippen LogP contribution in [0, 0.1) is 45.9 Å². The van der Waals surface area contributed by atoms with Crippen LogP contribution in [-0.2, 0) is 0 Å². The summed E-state index contributed by atoms with van der Waals surface area (Å²) in [6.45, 7) is 0.618. The van der Waals surface area contributed by atoms with Gasteiger partial charge in [0.1, 0.15) is 23.4 Å². The Morgan fingerprint density at radius 1 is 0.864 bits per heavy atom. The Bertz CT molecular complexity index is 662. The molecule has 1 aromatic rings. The molecule has 7 heteroatoms. The second-order valence-electron chi connectivity index (χ2n) is 4.85. The number of anilines is 1. The van der Waals surface area contributed by atoms with E-state index in [9.17, 15) is 17.6 Å². The second kappa shape index (κ2) is 6.48. The molecular formula is C15H11F4N3. The second-order valence-corrected chi connectivity index (χ2v) is 4.85. The Kier molecular flexibility index (Phi) is 4.67. The number of nitriles is 2. The van der Waals surface area contributed by atoms with Crippen LogP contribution in [0.2, 0.25) is 0 Å². The normalized spacial score (nSPS) is 14.2. The molecule has 0 spiro atoms. The summed E-state index contributed by atoms with van der Waals surface area (Å²) in [6, 6.07) is 2.77. The lowest BCUT2D eigenvalue weighted by Crippen LogP contribution is -2.31. The van der Waals surface area contributed by atoms with Gasteiger partial charge >= 0.3 is 0 Å². The molecule has 0 unspecified atom stereocenters. The van der Waals surface area contributed by atoms with E-state index >= 15 is 0 Å². The Morgan fingerprint density at radius 3 is 1.82 bits per heavy atom. The van der Waals surface area contributed by atoms with Gasteiger partial charge in [0, 0.05) is 13.1 Å². The fourth-order valence-corrected chi connectivity index (χ4v) is 2.39. The molecular weight excluding hydrogens is 298 g/mol. The lowest BCUT2D eigenvalue weighted by molar-refractivity contribution is 0.442. The topological polar surface area (TPSA) is 50.8 Å². The van der Waals surface area contributed by atoms with Gasteiger partial charge in [-0.25, -0.2) is 17.6 Å². The summed E-state index contributed by atoms with van der Waals surface area (Å²) in [6.07, 6.45) is 2.74. The van der Waals surface area contributed by atoms with Crippen LogP contribution >= 0.6 is 0 Å². The van der Waals surface area contributed by atoms with Crippen molar-refractivity contribution in [1.82, 2.24) is 0 Å². The van der Waals surface area contributed by atoms with E-state index in [2.05, 4.69) is 0 Å². The van der Waals surface area contributed by atoms with Crippen LogP contribution in [-0.4, -0.2) is 13.1 Å². The Morgan fingerprint density at radius 2 is 1.36 bits per heavy atom. The van der Waals surface area contributed by atoms with Gasteiger partial charge in [-0.1, -0.05) is 0 Å². The highest BCUT2D eigenvalue weighted by atomic mass is 19.2. The largest absolute Gasteiger partial charge is 0.367 e. The van der Waals surface area contributed by atoms with E-state index in [-0.39, 0.29) is 0 Å². The lowest BCUT2D eigenvalue weighted by atomic mass is 10.1. The van der Waals surface area contributed by atoms with Crippen LogP contribution in [0.15, 0.2) is 5.57 Å². The van der Waals surface area contributed by atoms with E-state index < -0.39 is 40.1 Å². The summed E-state index contributed by atoms with van der Waals surface area (Å²) < 4.78 is 56.3. The van der Waals surface area contributed by atoms with Gasteiger partial charge in [0.05, 0.1) is 5.56 Å². The van der Waals surface area contributed by atoms with Gasteiger partial charge in [0.25, 0.3) is 0 Å². The molecule has 1 aromatic carbocycles. The van der Waals surface area contributed by atoms with Gasteiger partial charge < -0.3 is 4.90 Å². The zero-order valence-corrected chi connectivity index (χ0v) is 11.5. The molecule has 1 fully saturated rings. The molecule has 0 N–H and O–H groups in total. The molecule has 0 radical (unpaired) electrons. The number of benzene rings is 1. The summed E-state index contributed by atoms with van der Waals surface area (Å²) in [5.41, 5.74) is -2.45. The Balaban J connectivity index is 2.61. The zero-order chi connectivity index (χ0) is 16.3. The van der Waals surface area contributed by atoms with E-state index in [4.69, 9.17) is 10.5 Å². The standard InChI is InChI=1S/C15H11F4N3/c16-11-10(6-9(7-20)8-21)12(17)14(19)15(13(11)18)22-4-2-1-3-5-22/h6H,1-5H2. The summed E-state index contributed by atoms with van der Waals surface area (Å²) in [5.74, 6) is -6.24. The smallest absolute Gasteiger partial charge is 0.185 e. The zero-order valence-electron chi connectivity index (χ0n) is 11.5. The molecule has 0 amide bonds. The fraction of sp³-hybridized carbons (Fsp3) is 0.333. The first-order valence-corrected chi connectivity index (χ1v) is 6.64. The predicted octanol–water partition coefficient (Wildman–Crippen LogP) is 3.66. The maximum atomic E-state index is 14.1. The molecule has 1 heterocycles. The molecule has 0 saturated carbocycles. The highest BCUT2D eigenvalue weighted by Gasteiger charge is 2.28. The molecule has 114 valence electrons. The van der Waals surface area contributed by atoms with Crippen LogP contribution in [0.5, 0.6) is 0 Å². The van der Waals surface area contributed by atoms with E-state index in [1.165, 1.54) is 17.0 Å². The van der Waals surface area contributed by atoms with E-state index in [1.54, 1.807) is 0 Å². The third-order valence-electron chi connectivity index (χ3n) is 3.48. The van der Waals surface area contributed by atoms with Crippen LogP contribution in [0.25, 0.3) is 6.08 Å². The van der Waals surface area contributed by atoms with Gasteiger partial charge in [-0.15, -0.1) is 0 Å². The van der Waals surface area contributed by atoms with Crippen molar-refractivity contribution in [2.75, 3.05) is 18.0 Å². The summed E-state index contributed by atoms with van der Waals surface area (Å²) in [7, 11) is 0. The third kappa shape index (κ3) is 2.75. The van der Waals surface area contributed by atoms with E-state index in [0.29, 0.717) is 32.0 Å². The molecule has 3 nitrogen and oxygen atoms in total. The highest BCUT2D eigenvalue weighted by molar-refractivity contribution is 5.66. The molecule has 1 saturated heterocycles. The maximum absolute atomic E-state index is 14.1. The number of nitrogens with zero attached hydrogens (tertiary/aromatic N) is 3. The Labute approximate surface area is 124 Å². The van der Waals surface area contributed by atoms with Crippen molar-refractivity contribution in [2.45, 2.75) is 19.3 Å².